The second kappa shape index (κ2) is 7.67. The van der Waals surface area contributed by atoms with Crippen molar-refractivity contribution in [1.29, 1.82) is 0 Å². The van der Waals surface area contributed by atoms with Gasteiger partial charge in [0.2, 0.25) is 5.91 Å². The van der Waals surface area contributed by atoms with Gasteiger partial charge >= 0.3 is 6.03 Å². The van der Waals surface area contributed by atoms with Gasteiger partial charge in [-0.05, 0) is 6.42 Å². The number of amides is 3. The molecule has 0 aromatic carbocycles. The number of nitrogens with two attached hydrogens (primary N) is 1. The zero-order chi connectivity index (χ0) is 10.1. The summed E-state index contributed by atoms with van der Waals surface area (Å²) < 4.78 is 0. The van der Waals surface area contributed by atoms with E-state index in [2.05, 4.69) is 10.6 Å². The standard InChI is InChI=1S/C7H14ClN3O2/c8-3-1-2-6(12)10-4-5-11-7(9)13/h1-5H2,(H,10,12)(H3,9,11,13). The molecule has 6 heteroatoms. The normalized spacial score (nSPS) is 9.31. The molecule has 13 heavy (non-hydrogen) atoms. The van der Waals surface area contributed by atoms with Crippen LogP contribution in [0, 0.1) is 0 Å². The van der Waals surface area contributed by atoms with E-state index in [-0.39, 0.29) is 5.91 Å². The molecule has 76 valence electrons. The zero-order valence-electron chi connectivity index (χ0n) is 7.31. The average Bonchev–Trinajstić information content (AvgIpc) is 2.08. The number of hydrogen-bond donors (Lipinski definition) is 3. The van der Waals surface area contributed by atoms with E-state index in [9.17, 15) is 9.59 Å². The molecule has 0 aliphatic rings. The van der Waals surface area contributed by atoms with Crippen LogP contribution in [0.5, 0.6) is 0 Å². The second-order valence-electron chi connectivity index (χ2n) is 2.43. The van der Waals surface area contributed by atoms with Gasteiger partial charge < -0.3 is 16.4 Å². The largest absolute Gasteiger partial charge is 0.354 e. The predicted octanol–water partition coefficient (Wildman–Crippen LogP) is -0.210. The minimum Gasteiger partial charge on any atom is -0.354 e. The van der Waals surface area contributed by atoms with Gasteiger partial charge in [-0.3, -0.25) is 4.79 Å². The van der Waals surface area contributed by atoms with Gasteiger partial charge in [-0.1, -0.05) is 0 Å². The highest BCUT2D eigenvalue weighted by atomic mass is 35.5. The SMILES string of the molecule is NC(=O)NCCNC(=O)CCCCl. The summed E-state index contributed by atoms with van der Waals surface area (Å²) in [6.07, 6.45) is 1.08. The summed E-state index contributed by atoms with van der Waals surface area (Å²) in [5, 5.41) is 4.96. The number of primary amides is 1. The molecular weight excluding hydrogens is 194 g/mol. The van der Waals surface area contributed by atoms with Crippen molar-refractivity contribution in [2.24, 2.45) is 5.73 Å². The molecule has 3 amide bonds. The Morgan fingerprint density at radius 3 is 2.38 bits per heavy atom. The quantitative estimate of drug-likeness (QED) is 0.416. The first-order valence-corrected chi connectivity index (χ1v) is 4.56. The zero-order valence-corrected chi connectivity index (χ0v) is 8.06. The average molecular weight is 208 g/mol. The number of carbonyl (C=O) groups is 2. The van der Waals surface area contributed by atoms with Crippen LogP contribution in [0.25, 0.3) is 0 Å². The molecule has 0 aliphatic carbocycles. The number of urea groups is 1. The Balaban J connectivity index is 3.22. The molecule has 4 N–H and O–H groups in total. The number of hydrogen-bond acceptors (Lipinski definition) is 2. The van der Waals surface area contributed by atoms with Gasteiger partial charge in [0.25, 0.3) is 0 Å². The summed E-state index contributed by atoms with van der Waals surface area (Å²) in [6, 6.07) is -0.588. The monoisotopic (exact) mass is 207 g/mol. The number of carbonyl (C=O) groups excluding carboxylic acids is 2. The molecule has 0 unspecified atom stereocenters. The highest BCUT2D eigenvalue weighted by Crippen LogP contribution is 1.90. The van der Waals surface area contributed by atoms with E-state index in [0.717, 1.165) is 0 Å². The Hall–Kier alpha value is -0.970. The predicted molar refractivity (Wildman–Crippen MR) is 50.5 cm³/mol. The van der Waals surface area contributed by atoms with Crippen LogP contribution in [0.3, 0.4) is 0 Å². The fourth-order valence-corrected chi connectivity index (χ4v) is 0.837. The number of rotatable bonds is 6. The van der Waals surface area contributed by atoms with Crippen molar-refractivity contribution >= 4 is 23.5 Å². The molecule has 0 saturated heterocycles. The van der Waals surface area contributed by atoms with Gasteiger partial charge in [0.15, 0.2) is 0 Å². The van der Waals surface area contributed by atoms with Crippen LogP contribution in [0.2, 0.25) is 0 Å². The first-order chi connectivity index (χ1) is 6.16. The van der Waals surface area contributed by atoms with E-state index in [1.54, 1.807) is 0 Å². The van der Waals surface area contributed by atoms with Crippen LogP contribution in [0.15, 0.2) is 0 Å². The van der Waals surface area contributed by atoms with Crippen LogP contribution in [0.4, 0.5) is 4.79 Å². The lowest BCUT2D eigenvalue weighted by Crippen LogP contribution is -2.37. The summed E-state index contributed by atoms with van der Waals surface area (Å²) in [7, 11) is 0. The van der Waals surface area contributed by atoms with Gasteiger partial charge in [0.05, 0.1) is 0 Å². The third-order valence-electron chi connectivity index (χ3n) is 1.28. The topological polar surface area (TPSA) is 84.2 Å². The molecule has 0 saturated carbocycles. The second-order valence-corrected chi connectivity index (χ2v) is 2.81. The summed E-state index contributed by atoms with van der Waals surface area (Å²) in [4.78, 5) is 21.1. The van der Waals surface area contributed by atoms with E-state index >= 15 is 0 Å². The van der Waals surface area contributed by atoms with Crippen molar-refractivity contribution in [1.82, 2.24) is 10.6 Å². The first kappa shape index (κ1) is 12.0. The fourth-order valence-electron chi connectivity index (χ4n) is 0.703. The van der Waals surface area contributed by atoms with Crippen molar-refractivity contribution in [2.75, 3.05) is 19.0 Å². The molecule has 0 aromatic heterocycles. The van der Waals surface area contributed by atoms with Gasteiger partial charge in [-0.15, -0.1) is 11.6 Å². The van der Waals surface area contributed by atoms with Crippen molar-refractivity contribution in [2.45, 2.75) is 12.8 Å². The summed E-state index contributed by atoms with van der Waals surface area (Å²) >= 11 is 5.39. The van der Waals surface area contributed by atoms with Crippen LogP contribution in [0.1, 0.15) is 12.8 Å². The number of halogens is 1. The van der Waals surface area contributed by atoms with Gasteiger partial charge in [-0.25, -0.2) is 4.79 Å². The van der Waals surface area contributed by atoms with Crippen LogP contribution in [-0.4, -0.2) is 30.9 Å². The minimum absolute atomic E-state index is 0.0630. The van der Waals surface area contributed by atoms with E-state index in [4.69, 9.17) is 17.3 Å². The van der Waals surface area contributed by atoms with E-state index in [1.807, 2.05) is 0 Å². The Labute approximate surface area is 82.0 Å². The van der Waals surface area contributed by atoms with Crippen molar-refractivity contribution in [3.63, 3.8) is 0 Å². The summed E-state index contributed by atoms with van der Waals surface area (Å²) in [5.74, 6) is 0.416. The lowest BCUT2D eigenvalue weighted by atomic mass is 10.3. The third-order valence-corrected chi connectivity index (χ3v) is 1.55. The molecular formula is C7H14ClN3O2. The summed E-state index contributed by atoms with van der Waals surface area (Å²) in [6.45, 7) is 0.742. The Kier molecular flexibility index (Phi) is 7.10. The van der Waals surface area contributed by atoms with Crippen molar-refractivity contribution in [3.05, 3.63) is 0 Å². The lowest BCUT2D eigenvalue weighted by Gasteiger charge is -2.04. The molecule has 0 fully saturated rings. The van der Waals surface area contributed by atoms with Crippen LogP contribution < -0.4 is 16.4 Å². The van der Waals surface area contributed by atoms with Crippen LogP contribution >= 0.6 is 11.6 Å². The molecule has 0 aromatic rings. The molecule has 0 bridgehead atoms. The third kappa shape index (κ3) is 8.94. The summed E-state index contributed by atoms with van der Waals surface area (Å²) in [5.41, 5.74) is 4.81. The first-order valence-electron chi connectivity index (χ1n) is 4.02. The lowest BCUT2D eigenvalue weighted by molar-refractivity contribution is -0.121. The smallest absolute Gasteiger partial charge is 0.312 e. The fraction of sp³-hybridized carbons (Fsp3) is 0.714. The van der Waals surface area contributed by atoms with E-state index in [1.165, 1.54) is 0 Å². The molecule has 0 heterocycles. The van der Waals surface area contributed by atoms with Crippen molar-refractivity contribution < 1.29 is 9.59 Å². The molecule has 0 spiro atoms. The van der Waals surface area contributed by atoms with Crippen LogP contribution in [-0.2, 0) is 4.79 Å². The van der Waals surface area contributed by atoms with E-state index in [0.29, 0.717) is 31.8 Å². The maximum absolute atomic E-state index is 10.9. The molecule has 0 radical (unpaired) electrons. The van der Waals surface area contributed by atoms with Gasteiger partial charge in [-0.2, -0.15) is 0 Å². The van der Waals surface area contributed by atoms with E-state index < -0.39 is 6.03 Å². The Morgan fingerprint density at radius 1 is 1.23 bits per heavy atom. The molecule has 0 aliphatic heterocycles. The molecule has 0 rings (SSSR count). The Bertz CT molecular complexity index is 175. The van der Waals surface area contributed by atoms with Crippen molar-refractivity contribution in [3.8, 4) is 0 Å². The highest BCUT2D eigenvalue weighted by molar-refractivity contribution is 6.17. The minimum atomic E-state index is -0.588. The number of alkyl halides is 1. The van der Waals surface area contributed by atoms with Gasteiger partial charge in [0.1, 0.15) is 0 Å². The molecule has 5 nitrogen and oxygen atoms in total. The number of nitrogens with one attached hydrogen (secondary N) is 2. The molecule has 0 atom stereocenters. The maximum atomic E-state index is 10.9. The highest BCUT2D eigenvalue weighted by Gasteiger charge is 1.98. The van der Waals surface area contributed by atoms with Gasteiger partial charge in [0, 0.05) is 25.4 Å². The Morgan fingerprint density at radius 2 is 1.85 bits per heavy atom. The maximum Gasteiger partial charge on any atom is 0.312 e.